The zero-order chi connectivity index (χ0) is 31.9. The Balaban J connectivity index is 1.19. The van der Waals surface area contributed by atoms with Crippen LogP contribution in [0.1, 0.15) is 42.3 Å². The van der Waals surface area contributed by atoms with Gasteiger partial charge in [-0.25, -0.2) is 14.4 Å². The van der Waals surface area contributed by atoms with Crippen LogP contribution in [-0.2, 0) is 12.5 Å². The Morgan fingerprint density at radius 3 is 2.40 bits per heavy atom. The minimum atomic E-state index is -1.34. The molecule has 0 N–H and O–H groups in total. The summed E-state index contributed by atoms with van der Waals surface area (Å²) in [7, 11) is 2.00. The maximum Gasteiger partial charge on any atom is 0.150 e. The highest BCUT2D eigenvalue weighted by Gasteiger charge is 2.40. The third-order valence-electron chi connectivity index (χ3n) is 9.72. The van der Waals surface area contributed by atoms with Crippen LogP contribution in [0.5, 0.6) is 0 Å². The van der Waals surface area contributed by atoms with Crippen LogP contribution in [0.25, 0.3) is 44.4 Å². The Hall–Kier alpha value is -5.75. The van der Waals surface area contributed by atoms with Gasteiger partial charge in [0.15, 0.2) is 6.17 Å². The van der Waals surface area contributed by atoms with E-state index in [4.69, 9.17) is 14.4 Å². The number of halogens is 1. The van der Waals surface area contributed by atoms with Crippen molar-refractivity contribution >= 4 is 50.2 Å². The van der Waals surface area contributed by atoms with Gasteiger partial charge in [0.1, 0.15) is 22.8 Å². The molecule has 0 fully saturated rings. The van der Waals surface area contributed by atoms with Crippen molar-refractivity contribution in [2.45, 2.75) is 25.4 Å². The van der Waals surface area contributed by atoms with E-state index >= 15 is 4.39 Å². The number of furan rings is 1. The SMILES string of the molecule is Cn1c(-c2cccc(C(F)c3ccc4c(c3)N(c3ccccn3)c3ccc5c(oc6ccccc65)c3C4(C)C)c2)nc2ccccc21. The van der Waals surface area contributed by atoms with Crippen LogP contribution in [0.15, 0.2) is 132 Å². The fourth-order valence-corrected chi connectivity index (χ4v) is 7.42. The van der Waals surface area contributed by atoms with E-state index < -0.39 is 11.6 Å². The molecule has 0 saturated heterocycles. The first-order valence-electron chi connectivity index (χ1n) is 15.9. The molecule has 5 aromatic carbocycles. The lowest BCUT2D eigenvalue weighted by atomic mass is 9.72. The third kappa shape index (κ3) is 4.07. The Morgan fingerprint density at radius 2 is 1.55 bits per heavy atom. The molecule has 8 aromatic rings. The summed E-state index contributed by atoms with van der Waals surface area (Å²) in [6, 6.07) is 40.0. The molecule has 0 aliphatic carbocycles. The Morgan fingerprint density at radius 1 is 0.745 bits per heavy atom. The van der Waals surface area contributed by atoms with E-state index in [9.17, 15) is 0 Å². The van der Waals surface area contributed by atoms with Crippen LogP contribution in [0.4, 0.5) is 21.6 Å². The van der Waals surface area contributed by atoms with Gasteiger partial charge in [-0.1, -0.05) is 80.6 Å². The quantitative estimate of drug-likeness (QED) is 0.198. The first-order valence-corrected chi connectivity index (χ1v) is 15.9. The van der Waals surface area contributed by atoms with Crippen molar-refractivity contribution in [2.24, 2.45) is 7.05 Å². The zero-order valence-electron chi connectivity index (χ0n) is 26.3. The van der Waals surface area contributed by atoms with Crippen molar-refractivity contribution in [2.75, 3.05) is 4.90 Å². The highest BCUT2D eigenvalue weighted by molar-refractivity contribution is 6.09. The second-order valence-corrected chi connectivity index (χ2v) is 12.8. The van der Waals surface area contributed by atoms with E-state index in [1.165, 1.54) is 0 Å². The third-order valence-corrected chi connectivity index (χ3v) is 9.72. The summed E-state index contributed by atoms with van der Waals surface area (Å²) in [6.45, 7) is 4.44. The van der Waals surface area contributed by atoms with Crippen molar-refractivity contribution in [1.82, 2.24) is 14.5 Å². The van der Waals surface area contributed by atoms with Gasteiger partial charge in [-0.3, -0.25) is 4.90 Å². The van der Waals surface area contributed by atoms with Gasteiger partial charge in [-0.15, -0.1) is 0 Å². The van der Waals surface area contributed by atoms with Gasteiger partial charge < -0.3 is 8.98 Å². The van der Waals surface area contributed by atoms with Gasteiger partial charge in [0.05, 0.1) is 22.4 Å². The summed E-state index contributed by atoms with van der Waals surface area (Å²) >= 11 is 0. The molecule has 1 unspecified atom stereocenters. The van der Waals surface area contributed by atoms with Gasteiger partial charge >= 0.3 is 0 Å². The standard InChI is InChI=1S/C41H31FN4O/c1-41(2)30-20-18-26(38(42)25-11-10-12-27(23-25)40-44-31-14-5-6-15-32(31)45(40)3)24-34(30)46(36-17-8-9-22-43-36)33-21-19-29-28-13-4-7-16-35(28)47-39(29)37(33)41/h4-24,38H,1-3H3. The molecule has 0 radical (unpaired) electrons. The topological polar surface area (TPSA) is 47.1 Å². The van der Waals surface area contributed by atoms with Gasteiger partial charge in [0.2, 0.25) is 0 Å². The summed E-state index contributed by atoms with van der Waals surface area (Å²) in [6.07, 6.45) is 0.450. The van der Waals surface area contributed by atoms with Gasteiger partial charge in [-0.05, 0) is 71.3 Å². The number of aromatic nitrogens is 3. The normalized spacial score (nSPS) is 14.4. The van der Waals surface area contributed by atoms with Crippen LogP contribution >= 0.6 is 0 Å². The fraction of sp³-hybridized carbons (Fsp3) is 0.122. The van der Waals surface area contributed by atoms with Crippen LogP contribution in [0, 0.1) is 0 Å². The van der Waals surface area contributed by atoms with Crippen molar-refractivity contribution in [3.05, 3.63) is 150 Å². The molecule has 0 spiro atoms. The summed E-state index contributed by atoms with van der Waals surface area (Å²) in [5.41, 5.74) is 9.33. The van der Waals surface area contributed by atoms with E-state index in [2.05, 4.69) is 47.6 Å². The molecule has 47 heavy (non-hydrogen) atoms. The number of nitrogens with zero attached hydrogens (tertiary/aromatic N) is 4. The minimum absolute atomic E-state index is 0.437. The van der Waals surface area contributed by atoms with Crippen LogP contribution in [0.3, 0.4) is 0 Å². The maximum absolute atomic E-state index is 16.7. The van der Waals surface area contributed by atoms with Crippen LogP contribution in [0.2, 0.25) is 0 Å². The number of pyridine rings is 1. The number of rotatable bonds is 4. The van der Waals surface area contributed by atoms with Crippen molar-refractivity contribution in [1.29, 1.82) is 0 Å². The van der Waals surface area contributed by atoms with E-state index in [-0.39, 0.29) is 0 Å². The molecule has 0 saturated carbocycles. The van der Waals surface area contributed by atoms with E-state index in [1.54, 1.807) is 6.20 Å². The molecule has 9 rings (SSSR count). The molecule has 228 valence electrons. The fourth-order valence-electron chi connectivity index (χ4n) is 7.42. The molecule has 0 amide bonds. The first kappa shape index (κ1) is 27.6. The zero-order valence-corrected chi connectivity index (χ0v) is 26.3. The van der Waals surface area contributed by atoms with E-state index in [0.29, 0.717) is 11.1 Å². The van der Waals surface area contributed by atoms with Crippen LogP contribution < -0.4 is 4.90 Å². The van der Waals surface area contributed by atoms with Crippen LogP contribution in [-0.4, -0.2) is 14.5 Å². The first-order chi connectivity index (χ1) is 22.9. The second kappa shape index (κ2) is 10.1. The molecule has 1 aliphatic rings. The van der Waals surface area contributed by atoms with Gasteiger partial charge in [-0.2, -0.15) is 0 Å². The lowest BCUT2D eigenvalue weighted by Gasteiger charge is -2.41. The molecule has 0 bridgehead atoms. The largest absolute Gasteiger partial charge is 0.456 e. The smallest absolute Gasteiger partial charge is 0.150 e. The summed E-state index contributed by atoms with van der Waals surface area (Å²) in [5.74, 6) is 1.57. The highest BCUT2D eigenvalue weighted by Crippen LogP contribution is 2.55. The molecular formula is C41H31FN4O. The molecule has 5 nitrogen and oxygen atoms in total. The number of hydrogen-bond donors (Lipinski definition) is 0. The van der Waals surface area contributed by atoms with Gasteiger partial charge in [0.25, 0.3) is 0 Å². The molecule has 1 aliphatic heterocycles. The van der Waals surface area contributed by atoms with Crippen molar-refractivity contribution in [3.63, 3.8) is 0 Å². The molecule has 1 atom stereocenters. The molecular weight excluding hydrogens is 583 g/mol. The Labute approximate surface area is 271 Å². The average molecular weight is 615 g/mol. The highest BCUT2D eigenvalue weighted by atomic mass is 19.1. The number of fused-ring (bicyclic) bond motifs is 7. The van der Waals surface area contributed by atoms with Gasteiger partial charge in [0, 0.05) is 40.6 Å². The number of hydrogen-bond acceptors (Lipinski definition) is 4. The lowest BCUT2D eigenvalue weighted by molar-refractivity contribution is 0.402. The predicted octanol–water partition coefficient (Wildman–Crippen LogP) is 10.7. The number of benzene rings is 5. The predicted molar refractivity (Wildman–Crippen MR) is 187 cm³/mol. The second-order valence-electron chi connectivity index (χ2n) is 12.8. The number of aryl methyl sites for hydroxylation is 1. The molecule has 4 heterocycles. The lowest BCUT2D eigenvalue weighted by Crippen LogP contribution is -2.31. The number of anilines is 3. The monoisotopic (exact) mass is 614 g/mol. The average Bonchev–Trinajstić information content (AvgIpc) is 3.65. The van der Waals surface area contributed by atoms with Crippen molar-refractivity contribution < 1.29 is 8.81 Å². The Bertz CT molecular complexity index is 2490. The van der Waals surface area contributed by atoms with E-state index in [1.807, 2.05) is 104 Å². The summed E-state index contributed by atoms with van der Waals surface area (Å²) in [4.78, 5) is 11.8. The maximum atomic E-state index is 16.7. The minimum Gasteiger partial charge on any atom is -0.456 e. The summed E-state index contributed by atoms with van der Waals surface area (Å²) in [5, 5.41) is 2.17. The summed E-state index contributed by atoms with van der Waals surface area (Å²) < 4.78 is 25.3. The van der Waals surface area contributed by atoms with Crippen molar-refractivity contribution in [3.8, 4) is 11.4 Å². The number of para-hydroxylation sites is 3. The molecule has 6 heteroatoms. The van der Waals surface area contributed by atoms with E-state index in [0.717, 1.165) is 72.7 Å². The Kier molecular flexibility index (Phi) is 5.94. The number of imidazole rings is 1. The molecule has 3 aromatic heterocycles. The number of alkyl halides is 1.